The van der Waals surface area contributed by atoms with Gasteiger partial charge in [-0.1, -0.05) is 31.0 Å². The highest BCUT2D eigenvalue weighted by atomic mass is 16.4. The highest BCUT2D eigenvalue weighted by molar-refractivity contribution is 5.68. The average molecular weight is 247 g/mol. The molecule has 1 aromatic carbocycles. The van der Waals surface area contributed by atoms with Crippen molar-refractivity contribution in [3.63, 3.8) is 0 Å². The van der Waals surface area contributed by atoms with Gasteiger partial charge in [-0.05, 0) is 30.9 Å². The molecular weight excluding hydrogens is 226 g/mol. The molecule has 0 spiro atoms. The Morgan fingerprint density at radius 1 is 1.11 bits per heavy atom. The van der Waals surface area contributed by atoms with E-state index in [0.717, 1.165) is 13.1 Å². The monoisotopic (exact) mass is 247 g/mol. The minimum Gasteiger partial charge on any atom is -0.481 e. The maximum atomic E-state index is 10.7. The van der Waals surface area contributed by atoms with Crippen LogP contribution in [0.3, 0.4) is 0 Å². The summed E-state index contributed by atoms with van der Waals surface area (Å²) in [6.45, 7) is 2.20. The number of benzene rings is 1. The fourth-order valence-corrected chi connectivity index (χ4v) is 2.58. The Labute approximate surface area is 108 Å². The lowest BCUT2D eigenvalue weighted by atomic mass is 10.1. The molecule has 0 aromatic heterocycles. The van der Waals surface area contributed by atoms with E-state index in [2.05, 4.69) is 17.0 Å². The fraction of sp³-hybridized carbons (Fsp3) is 0.533. The van der Waals surface area contributed by atoms with Crippen molar-refractivity contribution in [2.75, 3.05) is 18.0 Å². The molecule has 98 valence electrons. The van der Waals surface area contributed by atoms with Crippen LogP contribution in [-0.4, -0.2) is 24.2 Å². The molecule has 0 aliphatic carbocycles. The molecule has 18 heavy (non-hydrogen) atoms. The van der Waals surface area contributed by atoms with Crippen molar-refractivity contribution in [3.05, 3.63) is 29.8 Å². The zero-order valence-corrected chi connectivity index (χ0v) is 10.8. The van der Waals surface area contributed by atoms with Crippen molar-refractivity contribution in [3.8, 4) is 0 Å². The number of rotatable bonds is 4. The zero-order chi connectivity index (χ0) is 12.8. The lowest BCUT2D eigenvalue weighted by molar-refractivity contribution is -0.136. The van der Waals surface area contributed by atoms with Crippen LogP contribution < -0.4 is 4.90 Å². The van der Waals surface area contributed by atoms with Gasteiger partial charge in [-0.3, -0.25) is 4.79 Å². The summed E-state index contributed by atoms with van der Waals surface area (Å²) in [4.78, 5) is 13.1. The highest BCUT2D eigenvalue weighted by Crippen LogP contribution is 2.24. The summed E-state index contributed by atoms with van der Waals surface area (Å²) >= 11 is 0. The van der Waals surface area contributed by atoms with Gasteiger partial charge < -0.3 is 10.0 Å². The van der Waals surface area contributed by atoms with E-state index < -0.39 is 5.97 Å². The van der Waals surface area contributed by atoms with E-state index in [1.807, 2.05) is 12.1 Å². The molecule has 1 aliphatic rings. The maximum Gasteiger partial charge on any atom is 0.303 e. The Morgan fingerprint density at radius 3 is 2.44 bits per heavy atom. The summed E-state index contributed by atoms with van der Waals surface area (Å²) in [7, 11) is 0. The minimum absolute atomic E-state index is 0.213. The summed E-state index contributed by atoms with van der Waals surface area (Å²) in [6, 6.07) is 8.23. The van der Waals surface area contributed by atoms with E-state index in [9.17, 15) is 4.79 Å². The summed E-state index contributed by atoms with van der Waals surface area (Å²) in [5.74, 6) is -0.722. The van der Waals surface area contributed by atoms with E-state index in [1.54, 1.807) is 0 Å². The first-order valence-corrected chi connectivity index (χ1v) is 6.82. The van der Waals surface area contributed by atoms with Gasteiger partial charge in [0.15, 0.2) is 0 Å². The van der Waals surface area contributed by atoms with Crippen LogP contribution in [0.1, 0.15) is 37.7 Å². The zero-order valence-electron chi connectivity index (χ0n) is 10.8. The van der Waals surface area contributed by atoms with Crippen molar-refractivity contribution in [1.29, 1.82) is 0 Å². The van der Waals surface area contributed by atoms with E-state index in [-0.39, 0.29) is 6.42 Å². The third-order valence-electron chi connectivity index (χ3n) is 3.55. The normalized spacial score (nSPS) is 16.3. The molecule has 0 atom stereocenters. The molecule has 1 N–H and O–H groups in total. The predicted octanol–water partition coefficient (Wildman–Crippen LogP) is 3.08. The van der Waals surface area contributed by atoms with E-state index in [1.165, 1.54) is 36.9 Å². The highest BCUT2D eigenvalue weighted by Gasteiger charge is 2.13. The predicted molar refractivity (Wildman–Crippen MR) is 73.1 cm³/mol. The molecule has 1 saturated heterocycles. The van der Waals surface area contributed by atoms with Crippen LogP contribution in [0.25, 0.3) is 0 Å². The first-order chi connectivity index (χ1) is 8.77. The van der Waals surface area contributed by atoms with Gasteiger partial charge in [-0.15, -0.1) is 0 Å². The molecular formula is C15H21NO2. The number of hydrogen-bond acceptors (Lipinski definition) is 2. The molecule has 1 fully saturated rings. The molecule has 0 bridgehead atoms. The number of para-hydroxylation sites is 1. The van der Waals surface area contributed by atoms with Crippen molar-refractivity contribution in [2.45, 2.75) is 38.5 Å². The first kappa shape index (κ1) is 12.9. The van der Waals surface area contributed by atoms with Gasteiger partial charge in [0.25, 0.3) is 0 Å². The van der Waals surface area contributed by atoms with Crippen LogP contribution in [0.2, 0.25) is 0 Å². The van der Waals surface area contributed by atoms with Gasteiger partial charge in [-0.25, -0.2) is 0 Å². The van der Waals surface area contributed by atoms with E-state index in [0.29, 0.717) is 6.42 Å². The third kappa shape index (κ3) is 3.49. The number of aliphatic carboxylic acids is 1. The van der Waals surface area contributed by atoms with E-state index >= 15 is 0 Å². The number of carboxylic acid groups (broad SMARTS) is 1. The number of carbonyl (C=O) groups is 1. The van der Waals surface area contributed by atoms with Crippen LogP contribution in [-0.2, 0) is 11.2 Å². The molecule has 0 saturated carbocycles. The smallest absolute Gasteiger partial charge is 0.303 e. The largest absolute Gasteiger partial charge is 0.481 e. The Hall–Kier alpha value is -1.51. The molecule has 0 unspecified atom stereocenters. The Bertz CT molecular complexity index is 395. The Balaban J connectivity index is 2.12. The van der Waals surface area contributed by atoms with Gasteiger partial charge >= 0.3 is 5.97 Å². The summed E-state index contributed by atoms with van der Waals surface area (Å²) in [5.41, 5.74) is 2.41. The standard InChI is InChI=1S/C15H21NO2/c17-15(18)10-9-13-7-3-4-8-14(13)16-11-5-1-2-6-12-16/h3-4,7-8H,1-2,5-6,9-12H2,(H,17,18). The maximum absolute atomic E-state index is 10.7. The molecule has 3 heteroatoms. The van der Waals surface area contributed by atoms with Crippen molar-refractivity contribution < 1.29 is 9.90 Å². The number of anilines is 1. The summed E-state index contributed by atoms with van der Waals surface area (Å²) in [6.07, 6.45) is 5.95. The fourth-order valence-electron chi connectivity index (χ4n) is 2.58. The lowest BCUT2D eigenvalue weighted by Crippen LogP contribution is -2.25. The summed E-state index contributed by atoms with van der Waals surface area (Å²) < 4.78 is 0. The third-order valence-corrected chi connectivity index (χ3v) is 3.55. The average Bonchev–Trinajstić information content (AvgIpc) is 2.65. The number of hydrogen-bond donors (Lipinski definition) is 1. The second kappa shape index (κ2) is 6.43. The van der Waals surface area contributed by atoms with Crippen LogP contribution in [0.15, 0.2) is 24.3 Å². The Morgan fingerprint density at radius 2 is 1.78 bits per heavy atom. The molecule has 3 nitrogen and oxygen atoms in total. The summed E-state index contributed by atoms with van der Waals surface area (Å²) in [5, 5.41) is 8.81. The molecule has 0 radical (unpaired) electrons. The number of aryl methyl sites for hydroxylation is 1. The molecule has 1 aromatic rings. The van der Waals surface area contributed by atoms with Crippen molar-refractivity contribution in [1.82, 2.24) is 0 Å². The van der Waals surface area contributed by atoms with Crippen LogP contribution in [0.5, 0.6) is 0 Å². The SMILES string of the molecule is O=C(O)CCc1ccccc1N1CCCCCC1. The molecule has 1 heterocycles. The second-order valence-corrected chi connectivity index (χ2v) is 4.92. The van der Waals surface area contributed by atoms with Crippen LogP contribution in [0, 0.1) is 0 Å². The first-order valence-electron chi connectivity index (χ1n) is 6.82. The second-order valence-electron chi connectivity index (χ2n) is 4.92. The van der Waals surface area contributed by atoms with Crippen molar-refractivity contribution in [2.24, 2.45) is 0 Å². The van der Waals surface area contributed by atoms with Gasteiger partial charge in [-0.2, -0.15) is 0 Å². The van der Waals surface area contributed by atoms with Gasteiger partial charge in [0.2, 0.25) is 0 Å². The van der Waals surface area contributed by atoms with Gasteiger partial charge in [0.05, 0.1) is 0 Å². The molecule has 1 aliphatic heterocycles. The minimum atomic E-state index is -0.722. The number of carboxylic acids is 1. The van der Waals surface area contributed by atoms with Gasteiger partial charge in [0, 0.05) is 25.2 Å². The van der Waals surface area contributed by atoms with Gasteiger partial charge in [0.1, 0.15) is 0 Å². The van der Waals surface area contributed by atoms with E-state index in [4.69, 9.17) is 5.11 Å². The lowest BCUT2D eigenvalue weighted by Gasteiger charge is -2.25. The van der Waals surface area contributed by atoms with Crippen LogP contribution >= 0.6 is 0 Å². The quantitative estimate of drug-likeness (QED) is 0.888. The molecule has 2 rings (SSSR count). The number of nitrogens with zero attached hydrogens (tertiary/aromatic N) is 1. The van der Waals surface area contributed by atoms with Crippen molar-refractivity contribution >= 4 is 11.7 Å². The topological polar surface area (TPSA) is 40.5 Å². The van der Waals surface area contributed by atoms with Crippen LogP contribution in [0.4, 0.5) is 5.69 Å². The molecule has 0 amide bonds. The Kier molecular flexibility index (Phi) is 4.62.